The Kier molecular flexibility index (Phi) is 2.55. The maximum absolute atomic E-state index is 12.7. The highest BCUT2D eigenvalue weighted by Gasteiger charge is 2.67. The highest BCUT2D eigenvalue weighted by atomic mass is 127. The SMILES string of the molecule is O=C1[C@@H]2[C@H]3C=C[C@@H]([C@@H]4C[C@@H]34)[C@@H]2C(=O)N1N=Cc1ccc(I)o1. The van der Waals surface area contributed by atoms with E-state index in [0.717, 1.165) is 8.78 Å². The van der Waals surface area contributed by atoms with Crippen molar-refractivity contribution in [3.8, 4) is 0 Å². The number of nitrogens with zero attached hydrogens (tertiary/aromatic N) is 2. The van der Waals surface area contributed by atoms with Gasteiger partial charge in [-0.05, 0) is 64.8 Å². The third-order valence-electron chi connectivity index (χ3n) is 5.53. The molecule has 1 saturated heterocycles. The van der Waals surface area contributed by atoms with Gasteiger partial charge in [0.1, 0.15) is 5.76 Å². The lowest BCUT2D eigenvalue weighted by Gasteiger charge is -2.37. The van der Waals surface area contributed by atoms with Crippen LogP contribution < -0.4 is 0 Å². The van der Waals surface area contributed by atoms with Crippen LogP contribution in [0, 0.1) is 39.3 Å². The highest BCUT2D eigenvalue weighted by molar-refractivity contribution is 14.1. The number of hydrogen-bond donors (Lipinski definition) is 0. The van der Waals surface area contributed by atoms with Crippen molar-refractivity contribution in [2.75, 3.05) is 0 Å². The highest BCUT2D eigenvalue weighted by Crippen LogP contribution is 2.65. The van der Waals surface area contributed by atoms with Crippen molar-refractivity contribution in [2.45, 2.75) is 6.42 Å². The topological polar surface area (TPSA) is 62.9 Å². The molecule has 5 aliphatic rings. The maximum atomic E-state index is 12.7. The number of amides is 2. The van der Waals surface area contributed by atoms with E-state index in [2.05, 4.69) is 39.8 Å². The molecule has 1 aliphatic heterocycles. The second kappa shape index (κ2) is 4.31. The molecule has 0 N–H and O–H groups in total. The van der Waals surface area contributed by atoms with Gasteiger partial charge in [-0.15, -0.1) is 0 Å². The fraction of sp³-hybridized carbons (Fsp3) is 0.438. The first-order chi connectivity index (χ1) is 10.6. The summed E-state index contributed by atoms with van der Waals surface area (Å²) < 4.78 is 6.13. The molecule has 0 unspecified atom stereocenters. The smallest absolute Gasteiger partial charge is 0.254 e. The Hall–Kier alpha value is -1.44. The van der Waals surface area contributed by atoms with Crippen molar-refractivity contribution >= 4 is 40.6 Å². The molecule has 2 heterocycles. The average Bonchev–Trinajstić information content (AvgIpc) is 3.19. The first-order valence-electron chi connectivity index (χ1n) is 7.50. The van der Waals surface area contributed by atoms with E-state index in [4.69, 9.17) is 4.42 Å². The van der Waals surface area contributed by atoms with Gasteiger partial charge in [0.15, 0.2) is 3.77 Å². The second-order valence-electron chi connectivity index (χ2n) is 6.53. The van der Waals surface area contributed by atoms with E-state index < -0.39 is 0 Å². The molecule has 6 heteroatoms. The number of allylic oxidation sites excluding steroid dienone is 2. The summed E-state index contributed by atoms with van der Waals surface area (Å²) >= 11 is 2.06. The van der Waals surface area contributed by atoms with Crippen molar-refractivity contribution < 1.29 is 14.0 Å². The Bertz CT molecular complexity index is 716. The summed E-state index contributed by atoms with van der Waals surface area (Å²) in [6.07, 6.45) is 6.94. The second-order valence-corrected chi connectivity index (χ2v) is 7.59. The van der Waals surface area contributed by atoms with Gasteiger partial charge in [-0.2, -0.15) is 10.1 Å². The first kappa shape index (κ1) is 13.0. The lowest BCUT2D eigenvalue weighted by atomic mass is 9.63. The quantitative estimate of drug-likeness (QED) is 0.327. The molecule has 2 amide bonds. The van der Waals surface area contributed by atoms with Crippen molar-refractivity contribution in [3.63, 3.8) is 0 Å². The van der Waals surface area contributed by atoms with Gasteiger partial charge >= 0.3 is 0 Å². The number of furan rings is 1. The zero-order chi connectivity index (χ0) is 15.0. The summed E-state index contributed by atoms with van der Waals surface area (Å²) in [5.41, 5.74) is 0. The van der Waals surface area contributed by atoms with E-state index in [9.17, 15) is 9.59 Å². The van der Waals surface area contributed by atoms with Crippen LogP contribution in [0.5, 0.6) is 0 Å². The molecule has 112 valence electrons. The molecular formula is C16H13IN2O3. The third-order valence-corrected chi connectivity index (χ3v) is 6.11. The van der Waals surface area contributed by atoms with Crippen LogP contribution in [0.4, 0.5) is 0 Å². The third kappa shape index (κ3) is 1.61. The van der Waals surface area contributed by atoms with E-state index in [1.807, 2.05) is 6.07 Å². The Morgan fingerprint density at radius 3 is 2.32 bits per heavy atom. The largest absolute Gasteiger partial charge is 0.449 e. The van der Waals surface area contributed by atoms with Crippen molar-refractivity contribution in [1.82, 2.24) is 5.01 Å². The Morgan fingerprint density at radius 2 is 1.77 bits per heavy atom. The molecule has 2 saturated carbocycles. The van der Waals surface area contributed by atoms with Gasteiger partial charge in [0.25, 0.3) is 11.8 Å². The number of carbonyl (C=O) groups is 2. The van der Waals surface area contributed by atoms with E-state index >= 15 is 0 Å². The standard InChI is InChI=1S/C16H13IN2O3/c17-12-4-1-7(22-12)6-18-19-15(20)13-8-2-3-9(11-5-10(8)11)14(13)16(19)21/h1-4,6,8-11,13-14H,5H2/t8-,9-,10-,11-,13-,14+/m0/s1. The molecule has 1 aromatic heterocycles. The fourth-order valence-electron chi connectivity index (χ4n) is 4.57. The van der Waals surface area contributed by atoms with Crippen LogP contribution in [0.2, 0.25) is 0 Å². The molecule has 5 nitrogen and oxygen atoms in total. The molecule has 22 heavy (non-hydrogen) atoms. The minimum atomic E-state index is -0.194. The molecule has 0 spiro atoms. The zero-order valence-electron chi connectivity index (χ0n) is 11.6. The summed E-state index contributed by atoms with van der Waals surface area (Å²) in [4.78, 5) is 25.3. The van der Waals surface area contributed by atoms with Gasteiger partial charge in [0.2, 0.25) is 0 Å². The number of carbonyl (C=O) groups excluding carboxylic acids is 2. The summed E-state index contributed by atoms with van der Waals surface area (Å²) in [7, 11) is 0. The molecule has 6 rings (SSSR count). The number of hydrogen-bond acceptors (Lipinski definition) is 4. The van der Waals surface area contributed by atoms with Crippen LogP contribution in [-0.4, -0.2) is 23.0 Å². The molecule has 0 radical (unpaired) electrons. The lowest BCUT2D eigenvalue weighted by Crippen LogP contribution is -2.40. The van der Waals surface area contributed by atoms with E-state index in [0.29, 0.717) is 17.6 Å². The van der Waals surface area contributed by atoms with Crippen LogP contribution >= 0.6 is 22.6 Å². The van der Waals surface area contributed by atoms with Crippen molar-refractivity contribution in [1.29, 1.82) is 0 Å². The normalized spacial score (nSPS) is 41.4. The number of rotatable bonds is 2. The first-order valence-corrected chi connectivity index (χ1v) is 8.58. The average molecular weight is 408 g/mol. The molecule has 6 atom stereocenters. The summed E-state index contributed by atoms with van der Waals surface area (Å²) in [6.45, 7) is 0. The predicted octanol–water partition coefficient (Wildman–Crippen LogP) is 2.27. The number of imide groups is 1. The van der Waals surface area contributed by atoms with Crippen LogP contribution in [0.15, 0.2) is 33.8 Å². The van der Waals surface area contributed by atoms with Crippen LogP contribution in [0.1, 0.15) is 12.2 Å². The Morgan fingerprint density at radius 1 is 1.14 bits per heavy atom. The fourth-order valence-corrected chi connectivity index (χ4v) is 5.00. The van der Waals surface area contributed by atoms with Crippen molar-refractivity contribution in [2.24, 2.45) is 40.6 Å². The molecule has 1 aromatic rings. The van der Waals surface area contributed by atoms with Crippen LogP contribution in [0.3, 0.4) is 0 Å². The molecule has 3 fully saturated rings. The maximum Gasteiger partial charge on any atom is 0.254 e. The van der Waals surface area contributed by atoms with Gasteiger partial charge in [0.05, 0.1) is 18.1 Å². The molecule has 4 aliphatic carbocycles. The molecule has 2 bridgehead atoms. The minimum absolute atomic E-state index is 0.141. The summed E-state index contributed by atoms with van der Waals surface area (Å²) in [5.74, 6) is 1.58. The van der Waals surface area contributed by atoms with Crippen molar-refractivity contribution in [3.05, 3.63) is 33.8 Å². The molecule has 0 aromatic carbocycles. The Balaban J connectivity index is 1.46. The van der Waals surface area contributed by atoms with E-state index in [1.165, 1.54) is 12.6 Å². The molecular weight excluding hydrogens is 395 g/mol. The van der Waals surface area contributed by atoms with E-state index in [1.54, 1.807) is 6.07 Å². The number of halogens is 1. The van der Waals surface area contributed by atoms with Gasteiger partial charge in [-0.3, -0.25) is 9.59 Å². The predicted molar refractivity (Wildman–Crippen MR) is 85.6 cm³/mol. The van der Waals surface area contributed by atoms with Crippen LogP contribution in [-0.2, 0) is 9.59 Å². The summed E-state index contributed by atoms with van der Waals surface area (Å²) in [6, 6.07) is 3.58. The van der Waals surface area contributed by atoms with Crippen LogP contribution in [0.25, 0.3) is 0 Å². The minimum Gasteiger partial charge on any atom is -0.449 e. The summed E-state index contributed by atoms with van der Waals surface area (Å²) in [5, 5.41) is 5.19. The Labute approximate surface area is 140 Å². The van der Waals surface area contributed by atoms with Gasteiger partial charge in [-0.1, -0.05) is 12.2 Å². The van der Waals surface area contributed by atoms with E-state index in [-0.39, 0.29) is 35.5 Å². The van der Waals surface area contributed by atoms with Gasteiger partial charge in [0, 0.05) is 0 Å². The van der Waals surface area contributed by atoms with Gasteiger partial charge < -0.3 is 4.42 Å². The monoisotopic (exact) mass is 408 g/mol. The lowest BCUT2D eigenvalue weighted by molar-refractivity contribution is -0.140. The zero-order valence-corrected chi connectivity index (χ0v) is 13.7. The number of hydrazone groups is 1. The van der Waals surface area contributed by atoms with Gasteiger partial charge in [-0.25, -0.2) is 0 Å².